The molecular weight excluding hydrogens is 378 g/mol. The molecule has 1 aromatic heterocycles. The molecule has 3 aromatic rings. The molecule has 9 heteroatoms. The maximum Gasteiger partial charge on any atom is 0.255 e. The number of nitrogens with one attached hydrogen (secondary N) is 1. The highest BCUT2D eigenvalue weighted by molar-refractivity contribution is 7.92. The van der Waals surface area contributed by atoms with Gasteiger partial charge >= 0.3 is 0 Å². The summed E-state index contributed by atoms with van der Waals surface area (Å²) in [5.74, 6) is -0.277. The number of nitrogens with zero attached hydrogens (tertiary/aromatic N) is 4. The number of benzene rings is 2. The number of sulfonamides is 1. The highest BCUT2D eigenvalue weighted by atomic mass is 32.2. The smallest absolute Gasteiger partial charge is 0.255 e. The number of aromatic nitrogens is 3. The number of hydrogen-bond acceptors (Lipinski definition) is 5. The van der Waals surface area contributed by atoms with Gasteiger partial charge in [-0.05, 0) is 49.2 Å². The molecule has 2 aromatic carbocycles. The first kappa shape index (κ1) is 18.2. The molecule has 1 unspecified atom stereocenters. The van der Waals surface area contributed by atoms with Gasteiger partial charge in [0, 0.05) is 11.6 Å². The van der Waals surface area contributed by atoms with Crippen LogP contribution in [0.3, 0.4) is 0 Å². The van der Waals surface area contributed by atoms with Crippen LogP contribution in [0.25, 0.3) is 5.69 Å². The Balaban J connectivity index is 1.63. The van der Waals surface area contributed by atoms with Crippen molar-refractivity contribution in [1.82, 2.24) is 14.8 Å². The summed E-state index contributed by atoms with van der Waals surface area (Å²) in [4.78, 5) is 16.7. The number of amides is 1. The lowest BCUT2D eigenvalue weighted by atomic mass is 10.1. The van der Waals surface area contributed by atoms with Crippen LogP contribution >= 0.6 is 0 Å². The van der Waals surface area contributed by atoms with Crippen molar-refractivity contribution >= 4 is 27.3 Å². The minimum absolute atomic E-state index is 0.170. The van der Waals surface area contributed by atoms with Crippen molar-refractivity contribution in [2.24, 2.45) is 0 Å². The minimum Gasteiger partial charge on any atom is -0.320 e. The highest BCUT2D eigenvalue weighted by Gasteiger charge is 2.32. The number of para-hydroxylation sites is 2. The summed E-state index contributed by atoms with van der Waals surface area (Å²) in [6, 6.07) is 12.2. The van der Waals surface area contributed by atoms with E-state index in [1.807, 2.05) is 25.1 Å². The van der Waals surface area contributed by atoms with E-state index in [0.29, 0.717) is 29.0 Å². The zero-order valence-electron chi connectivity index (χ0n) is 15.4. The van der Waals surface area contributed by atoms with Gasteiger partial charge in [0.15, 0.2) is 0 Å². The predicted molar refractivity (Wildman–Crippen MR) is 106 cm³/mol. The second-order valence-corrected chi connectivity index (χ2v) is 8.63. The standard InChI is InChI=1S/C19H19N5O3S/c1-13-9-15-10-14(7-8-17(15)24(13)28(2,26)27)19(25)22-16-5-3-4-6-18(16)23-12-20-11-21-23/h3-8,10-13H,9H2,1-2H3,(H,22,25). The van der Waals surface area contributed by atoms with Gasteiger partial charge in [-0.2, -0.15) is 5.10 Å². The molecule has 1 aliphatic heterocycles. The van der Waals surface area contributed by atoms with Gasteiger partial charge in [0.05, 0.1) is 23.3 Å². The van der Waals surface area contributed by atoms with E-state index < -0.39 is 10.0 Å². The average Bonchev–Trinajstić information content (AvgIpc) is 3.27. The van der Waals surface area contributed by atoms with Crippen molar-refractivity contribution in [1.29, 1.82) is 0 Å². The zero-order chi connectivity index (χ0) is 19.9. The molecule has 1 aliphatic rings. The van der Waals surface area contributed by atoms with Gasteiger partial charge in [-0.1, -0.05) is 12.1 Å². The lowest BCUT2D eigenvalue weighted by Crippen LogP contribution is -2.34. The molecule has 0 spiro atoms. The molecule has 0 bridgehead atoms. The summed E-state index contributed by atoms with van der Waals surface area (Å²) in [5, 5.41) is 7.01. The molecule has 2 heterocycles. The molecule has 8 nitrogen and oxygen atoms in total. The minimum atomic E-state index is -3.36. The first-order valence-corrected chi connectivity index (χ1v) is 10.6. The SMILES string of the molecule is CC1Cc2cc(C(=O)Nc3ccccc3-n3cncn3)ccc2N1S(C)(=O)=O. The lowest BCUT2D eigenvalue weighted by molar-refractivity contribution is 0.102. The number of hydrogen-bond donors (Lipinski definition) is 1. The second kappa shape index (κ2) is 6.75. The summed E-state index contributed by atoms with van der Waals surface area (Å²) >= 11 is 0. The maximum atomic E-state index is 12.8. The number of anilines is 2. The lowest BCUT2D eigenvalue weighted by Gasteiger charge is -2.21. The highest BCUT2D eigenvalue weighted by Crippen LogP contribution is 2.35. The molecule has 28 heavy (non-hydrogen) atoms. The van der Waals surface area contributed by atoms with Crippen LogP contribution < -0.4 is 9.62 Å². The molecule has 1 N–H and O–H groups in total. The van der Waals surface area contributed by atoms with Gasteiger partial charge in [0.25, 0.3) is 5.91 Å². The van der Waals surface area contributed by atoms with Crippen molar-refractivity contribution in [3.05, 3.63) is 66.2 Å². The van der Waals surface area contributed by atoms with Crippen molar-refractivity contribution in [2.45, 2.75) is 19.4 Å². The van der Waals surface area contributed by atoms with Crippen LogP contribution in [0.15, 0.2) is 55.1 Å². The van der Waals surface area contributed by atoms with Crippen molar-refractivity contribution < 1.29 is 13.2 Å². The van der Waals surface area contributed by atoms with Crippen LogP contribution in [-0.4, -0.2) is 41.4 Å². The largest absolute Gasteiger partial charge is 0.320 e. The summed E-state index contributed by atoms with van der Waals surface area (Å²) in [5.41, 5.74) is 3.25. The number of rotatable bonds is 4. The van der Waals surface area contributed by atoms with Gasteiger partial charge in [-0.25, -0.2) is 18.1 Å². The molecule has 0 saturated carbocycles. The molecule has 0 saturated heterocycles. The van der Waals surface area contributed by atoms with E-state index in [9.17, 15) is 13.2 Å². The summed E-state index contributed by atoms with van der Waals surface area (Å²) in [6.45, 7) is 1.86. The zero-order valence-corrected chi connectivity index (χ0v) is 16.2. The van der Waals surface area contributed by atoms with E-state index in [4.69, 9.17) is 0 Å². The summed E-state index contributed by atoms with van der Waals surface area (Å²) in [6.07, 6.45) is 4.74. The molecule has 0 radical (unpaired) electrons. The van der Waals surface area contributed by atoms with Crippen LogP contribution in [0.1, 0.15) is 22.8 Å². The van der Waals surface area contributed by atoms with E-state index >= 15 is 0 Å². The van der Waals surface area contributed by atoms with Crippen molar-refractivity contribution in [3.8, 4) is 5.69 Å². The van der Waals surface area contributed by atoms with Crippen LogP contribution in [0.2, 0.25) is 0 Å². The summed E-state index contributed by atoms with van der Waals surface area (Å²) in [7, 11) is -3.36. The second-order valence-electron chi connectivity index (χ2n) is 6.77. The Morgan fingerprint density at radius 2 is 1.96 bits per heavy atom. The Labute approximate surface area is 162 Å². The Hall–Kier alpha value is -3.20. The van der Waals surface area contributed by atoms with Gasteiger partial charge in [-0.3, -0.25) is 9.10 Å². The molecule has 0 fully saturated rings. The van der Waals surface area contributed by atoms with Crippen LogP contribution in [0.5, 0.6) is 0 Å². The van der Waals surface area contributed by atoms with Crippen molar-refractivity contribution in [3.63, 3.8) is 0 Å². The monoisotopic (exact) mass is 397 g/mol. The molecule has 1 atom stereocenters. The topological polar surface area (TPSA) is 97.2 Å². The Morgan fingerprint density at radius 1 is 1.18 bits per heavy atom. The third-order valence-electron chi connectivity index (χ3n) is 4.67. The normalized spacial score (nSPS) is 16.1. The fourth-order valence-corrected chi connectivity index (χ4v) is 4.82. The molecule has 1 amide bonds. The summed E-state index contributed by atoms with van der Waals surface area (Å²) < 4.78 is 27.1. The van der Waals surface area contributed by atoms with E-state index in [0.717, 1.165) is 5.56 Å². The number of carbonyl (C=O) groups is 1. The average molecular weight is 397 g/mol. The quantitative estimate of drug-likeness (QED) is 0.728. The maximum absolute atomic E-state index is 12.8. The Kier molecular flexibility index (Phi) is 4.38. The number of carbonyl (C=O) groups excluding carboxylic acids is 1. The van der Waals surface area contributed by atoms with Crippen LogP contribution in [0.4, 0.5) is 11.4 Å². The van der Waals surface area contributed by atoms with Gasteiger partial charge in [0.1, 0.15) is 12.7 Å². The third kappa shape index (κ3) is 3.24. The van der Waals surface area contributed by atoms with Gasteiger partial charge < -0.3 is 5.32 Å². The van der Waals surface area contributed by atoms with E-state index in [1.165, 1.54) is 16.9 Å². The van der Waals surface area contributed by atoms with Crippen LogP contribution in [-0.2, 0) is 16.4 Å². The van der Waals surface area contributed by atoms with Crippen LogP contribution in [0, 0.1) is 0 Å². The van der Waals surface area contributed by atoms with E-state index in [2.05, 4.69) is 15.4 Å². The molecule has 0 aliphatic carbocycles. The predicted octanol–water partition coefficient (Wildman–Crippen LogP) is 2.23. The fraction of sp³-hybridized carbons (Fsp3) is 0.211. The first-order chi connectivity index (χ1) is 13.3. The number of fused-ring (bicyclic) bond motifs is 1. The van der Waals surface area contributed by atoms with Gasteiger partial charge in [0.2, 0.25) is 10.0 Å². The molecule has 144 valence electrons. The first-order valence-electron chi connectivity index (χ1n) is 8.72. The van der Waals surface area contributed by atoms with E-state index in [-0.39, 0.29) is 11.9 Å². The van der Waals surface area contributed by atoms with E-state index in [1.54, 1.807) is 35.3 Å². The van der Waals surface area contributed by atoms with Gasteiger partial charge in [-0.15, -0.1) is 0 Å². The Bertz CT molecular complexity index is 1140. The Morgan fingerprint density at radius 3 is 2.68 bits per heavy atom. The third-order valence-corrected chi connectivity index (χ3v) is 5.94. The van der Waals surface area contributed by atoms with Crippen molar-refractivity contribution in [2.75, 3.05) is 15.9 Å². The molecular formula is C19H19N5O3S. The molecule has 4 rings (SSSR count). The fourth-order valence-electron chi connectivity index (χ4n) is 3.56.